The van der Waals surface area contributed by atoms with Crippen molar-refractivity contribution in [2.45, 2.75) is 11.3 Å². The normalized spacial score (nSPS) is 13.0. The Morgan fingerprint density at radius 1 is 1.07 bits per heavy atom. The van der Waals surface area contributed by atoms with Crippen LogP contribution in [-0.2, 0) is 16.4 Å². The summed E-state index contributed by atoms with van der Waals surface area (Å²) in [5.41, 5.74) is 2.78. The average molecular weight is 452 g/mol. The van der Waals surface area contributed by atoms with Gasteiger partial charge in [0.1, 0.15) is 18.0 Å². The summed E-state index contributed by atoms with van der Waals surface area (Å²) < 4.78 is 26.7. The van der Waals surface area contributed by atoms with Gasteiger partial charge in [-0.15, -0.1) is 12.4 Å². The van der Waals surface area contributed by atoms with Gasteiger partial charge in [0.05, 0.1) is 4.90 Å². The number of fused-ring (bicyclic) bond motifs is 1. The number of halogens is 2. The van der Waals surface area contributed by atoms with Gasteiger partial charge < -0.3 is 10.2 Å². The van der Waals surface area contributed by atoms with E-state index in [1.807, 2.05) is 29.2 Å². The van der Waals surface area contributed by atoms with Crippen molar-refractivity contribution in [1.29, 1.82) is 0 Å². The molecule has 1 aliphatic heterocycles. The van der Waals surface area contributed by atoms with Crippen LogP contribution in [0.25, 0.3) is 0 Å². The van der Waals surface area contributed by atoms with Gasteiger partial charge in [-0.3, -0.25) is 0 Å². The Kier molecular flexibility index (Phi) is 6.28. The number of anilines is 4. The van der Waals surface area contributed by atoms with Crippen LogP contribution in [0.15, 0.2) is 59.8 Å². The molecule has 1 aliphatic rings. The summed E-state index contributed by atoms with van der Waals surface area (Å²) in [6.45, 7) is 0.718. The van der Waals surface area contributed by atoms with E-state index in [2.05, 4.69) is 20.0 Å². The SMILES string of the molecule is CNS(=O)(=O)c1ccc2c(c1)N(c1cc(Nc3ccc(Cl)cc3)ncn1)CC2.Cl. The standard InChI is InChI=1S/C19H18ClN5O2S.ClH/c1-21-28(26,27)16-7-2-13-8-9-25(17(13)10-16)19-11-18(22-12-23-19)24-15-5-3-14(20)4-6-15;/h2-7,10-12,21H,8-9H2,1H3,(H,22,23,24);1H. The molecule has 0 fully saturated rings. The molecule has 0 spiro atoms. The Balaban J connectivity index is 0.00000240. The fraction of sp³-hybridized carbons (Fsp3) is 0.158. The van der Waals surface area contributed by atoms with E-state index >= 15 is 0 Å². The monoisotopic (exact) mass is 451 g/mol. The first-order valence-corrected chi connectivity index (χ1v) is 10.5. The van der Waals surface area contributed by atoms with Gasteiger partial charge in [-0.05, 0) is 55.4 Å². The first-order chi connectivity index (χ1) is 13.5. The van der Waals surface area contributed by atoms with E-state index in [0.717, 1.165) is 29.9 Å². The lowest BCUT2D eigenvalue weighted by Crippen LogP contribution is -2.19. The number of aromatic nitrogens is 2. The number of sulfonamides is 1. The molecule has 152 valence electrons. The third kappa shape index (κ3) is 4.45. The highest BCUT2D eigenvalue weighted by atomic mass is 35.5. The third-order valence-electron chi connectivity index (χ3n) is 4.58. The molecule has 0 atom stereocenters. The van der Waals surface area contributed by atoms with Crippen LogP contribution in [0.4, 0.5) is 23.0 Å². The first-order valence-electron chi connectivity index (χ1n) is 8.65. The Labute approximate surface area is 180 Å². The molecule has 3 aromatic rings. The van der Waals surface area contributed by atoms with E-state index in [4.69, 9.17) is 11.6 Å². The minimum atomic E-state index is -3.51. The second-order valence-corrected chi connectivity index (χ2v) is 8.62. The van der Waals surface area contributed by atoms with Gasteiger partial charge in [-0.25, -0.2) is 23.1 Å². The maximum atomic E-state index is 12.2. The lowest BCUT2D eigenvalue weighted by Gasteiger charge is -2.19. The number of rotatable bonds is 5. The summed E-state index contributed by atoms with van der Waals surface area (Å²) in [5, 5.41) is 3.88. The molecule has 0 bridgehead atoms. The van der Waals surface area contributed by atoms with Crippen molar-refractivity contribution in [2.24, 2.45) is 0 Å². The summed E-state index contributed by atoms with van der Waals surface area (Å²) in [6, 6.07) is 14.3. The van der Waals surface area contributed by atoms with Crippen LogP contribution < -0.4 is 14.9 Å². The van der Waals surface area contributed by atoms with Crippen molar-refractivity contribution in [1.82, 2.24) is 14.7 Å². The second-order valence-electron chi connectivity index (χ2n) is 6.29. The van der Waals surface area contributed by atoms with Crippen molar-refractivity contribution in [2.75, 3.05) is 23.8 Å². The van der Waals surface area contributed by atoms with Crippen LogP contribution in [0.2, 0.25) is 5.02 Å². The van der Waals surface area contributed by atoms with Crippen LogP contribution in [0.3, 0.4) is 0 Å². The fourth-order valence-corrected chi connectivity index (χ4v) is 4.00. The summed E-state index contributed by atoms with van der Waals surface area (Å²) in [6.07, 6.45) is 2.30. The molecule has 0 saturated heterocycles. The number of hydrogen-bond acceptors (Lipinski definition) is 6. The second kappa shape index (κ2) is 8.54. The predicted molar refractivity (Wildman–Crippen MR) is 117 cm³/mol. The lowest BCUT2D eigenvalue weighted by molar-refractivity contribution is 0.588. The van der Waals surface area contributed by atoms with E-state index in [9.17, 15) is 8.42 Å². The highest BCUT2D eigenvalue weighted by Crippen LogP contribution is 2.35. The van der Waals surface area contributed by atoms with Gasteiger partial charge in [-0.2, -0.15) is 0 Å². The average Bonchev–Trinajstić information content (AvgIpc) is 3.13. The molecule has 0 radical (unpaired) electrons. The molecule has 2 N–H and O–H groups in total. The van der Waals surface area contributed by atoms with E-state index in [0.29, 0.717) is 16.7 Å². The molecule has 7 nitrogen and oxygen atoms in total. The van der Waals surface area contributed by atoms with Gasteiger partial charge in [0, 0.05) is 29.0 Å². The minimum absolute atomic E-state index is 0. The number of nitrogens with zero attached hydrogens (tertiary/aromatic N) is 3. The topological polar surface area (TPSA) is 87.2 Å². The van der Waals surface area contributed by atoms with Gasteiger partial charge in [0.2, 0.25) is 10.0 Å². The molecule has 0 saturated carbocycles. The van der Waals surface area contributed by atoms with E-state index < -0.39 is 10.0 Å². The molecule has 2 aromatic carbocycles. The minimum Gasteiger partial charge on any atom is -0.340 e. The van der Waals surface area contributed by atoms with Crippen molar-refractivity contribution < 1.29 is 8.42 Å². The Bertz CT molecular complexity index is 1120. The Hall–Kier alpha value is -2.39. The van der Waals surface area contributed by atoms with Crippen LogP contribution in [0.1, 0.15) is 5.56 Å². The molecule has 4 rings (SSSR count). The number of benzene rings is 2. The molecule has 0 amide bonds. The van der Waals surface area contributed by atoms with Gasteiger partial charge in [0.25, 0.3) is 0 Å². The highest BCUT2D eigenvalue weighted by Gasteiger charge is 2.24. The third-order valence-corrected chi connectivity index (χ3v) is 6.24. The maximum absolute atomic E-state index is 12.2. The molecule has 2 heterocycles. The predicted octanol–water partition coefficient (Wildman–Crippen LogP) is 3.90. The lowest BCUT2D eigenvalue weighted by atomic mass is 10.2. The molecule has 29 heavy (non-hydrogen) atoms. The summed E-state index contributed by atoms with van der Waals surface area (Å²) in [4.78, 5) is 10.9. The fourth-order valence-electron chi connectivity index (χ4n) is 3.13. The van der Waals surface area contributed by atoms with Crippen LogP contribution in [0.5, 0.6) is 0 Å². The smallest absolute Gasteiger partial charge is 0.240 e. The van der Waals surface area contributed by atoms with Crippen LogP contribution >= 0.6 is 24.0 Å². The van der Waals surface area contributed by atoms with Crippen molar-refractivity contribution in [3.63, 3.8) is 0 Å². The van der Waals surface area contributed by atoms with Crippen LogP contribution in [-0.4, -0.2) is 32.0 Å². The highest BCUT2D eigenvalue weighted by molar-refractivity contribution is 7.89. The summed E-state index contributed by atoms with van der Waals surface area (Å²) >= 11 is 5.92. The molecule has 10 heteroatoms. The molecule has 0 aliphatic carbocycles. The van der Waals surface area contributed by atoms with Crippen molar-refractivity contribution in [3.8, 4) is 0 Å². The van der Waals surface area contributed by atoms with Crippen molar-refractivity contribution >= 4 is 57.0 Å². The molecular weight excluding hydrogens is 433 g/mol. The number of hydrogen-bond donors (Lipinski definition) is 2. The molecule has 1 aromatic heterocycles. The summed E-state index contributed by atoms with van der Waals surface area (Å²) in [7, 11) is -2.11. The number of nitrogens with one attached hydrogen (secondary N) is 2. The van der Waals surface area contributed by atoms with Gasteiger partial charge in [-0.1, -0.05) is 17.7 Å². The first kappa shape index (κ1) is 21.3. The zero-order valence-corrected chi connectivity index (χ0v) is 17.9. The molecule has 0 unspecified atom stereocenters. The Morgan fingerprint density at radius 3 is 2.55 bits per heavy atom. The Morgan fingerprint density at radius 2 is 1.83 bits per heavy atom. The molecular formula is C19H19Cl2N5O2S. The van der Waals surface area contributed by atoms with Gasteiger partial charge in [0.15, 0.2) is 0 Å². The van der Waals surface area contributed by atoms with E-state index in [1.165, 1.54) is 13.4 Å². The van der Waals surface area contributed by atoms with E-state index in [1.54, 1.807) is 24.3 Å². The zero-order valence-electron chi connectivity index (χ0n) is 15.5. The van der Waals surface area contributed by atoms with Gasteiger partial charge >= 0.3 is 0 Å². The van der Waals surface area contributed by atoms with Crippen LogP contribution in [0, 0.1) is 0 Å². The summed E-state index contributed by atoms with van der Waals surface area (Å²) in [5.74, 6) is 1.34. The quantitative estimate of drug-likeness (QED) is 0.611. The maximum Gasteiger partial charge on any atom is 0.240 e. The zero-order chi connectivity index (χ0) is 19.7. The van der Waals surface area contributed by atoms with E-state index in [-0.39, 0.29) is 17.3 Å². The van der Waals surface area contributed by atoms with Crippen molar-refractivity contribution in [3.05, 3.63) is 65.4 Å². The largest absolute Gasteiger partial charge is 0.340 e.